The van der Waals surface area contributed by atoms with Gasteiger partial charge in [-0.3, -0.25) is 4.79 Å². The number of nitrogens with zero attached hydrogens (tertiary/aromatic N) is 4. The van der Waals surface area contributed by atoms with E-state index in [1.54, 1.807) is 28.8 Å². The molecule has 1 aromatic carbocycles. The largest absolute Gasteiger partial charge is 0.396 e. The number of hydrogen-bond acceptors (Lipinski definition) is 7. The lowest BCUT2D eigenvalue weighted by Gasteiger charge is -2.23. The average molecular weight is 381 g/mol. The van der Waals surface area contributed by atoms with E-state index < -0.39 is 23.7 Å². The van der Waals surface area contributed by atoms with Crippen molar-refractivity contribution in [3.8, 4) is 0 Å². The smallest absolute Gasteiger partial charge is 0.256 e. The zero-order valence-corrected chi connectivity index (χ0v) is 14.8. The van der Waals surface area contributed by atoms with E-state index in [0.29, 0.717) is 23.1 Å². The summed E-state index contributed by atoms with van der Waals surface area (Å²) in [4.78, 5) is 25.2. The molecule has 2 fully saturated rings. The van der Waals surface area contributed by atoms with Gasteiger partial charge in [-0.1, -0.05) is 18.2 Å². The van der Waals surface area contributed by atoms with Gasteiger partial charge in [-0.15, -0.1) is 0 Å². The van der Waals surface area contributed by atoms with Crippen LogP contribution in [-0.4, -0.2) is 59.6 Å². The van der Waals surface area contributed by atoms with Gasteiger partial charge in [-0.05, 0) is 24.5 Å². The van der Waals surface area contributed by atoms with E-state index in [4.69, 9.17) is 0 Å². The lowest BCUT2D eigenvalue weighted by Crippen LogP contribution is -2.35. The van der Waals surface area contributed by atoms with Crippen LogP contribution < -0.4 is 5.32 Å². The Hall–Kier alpha value is -2.88. The molecule has 2 aliphatic carbocycles. The van der Waals surface area contributed by atoms with Gasteiger partial charge in [-0.25, -0.2) is 15.0 Å². The highest BCUT2D eigenvalue weighted by Crippen LogP contribution is 2.67. The fourth-order valence-corrected chi connectivity index (χ4v) is 4.48. The molecule has 28 heavy (non-hydrogen) atoms. The monoisotopic (exact) mass is 381 g/mol. The first-order chi connectivity index (χ1) is 13.6. The second kappa shape index (κ2) is 6.06. The molecule has 3 aromatic rings. The molecule has 1 amide bonds. The molecule has 0 aliphatic heterocycles. The molecule has 2 aromatic heterocycles. The molecule has 2 saturated carbocycles. The first-order valence-electron chi connectivity index (χ1n) is 9.08. The van der Waals surface area contributed by atoms with E-state index in [1.807, 2.05) is 6.07 Å². The van der Waals surface area contributed by atoms with Crippen molar-refractivity contribution in [2.75, 3.05) is 11.9 Å². The molecule has 5 rings (SSSR count). The van der Waals surface area contributed by atoms with Gasteiger partial charge >= 0.3 is 0 Å². The van der Waals surface area contributed by atoms with Gasteiger partial charge in [0.2, 0.25) is 0 Å². The molecular formula is C19H19N5O4. The summed E-state index contributed by atoms with van der Waals surface area (Å²) in [6.45, 7) is -0.174. The maximum Gasteiger partial charge on any atom is 0.256 e. The fourth-order valence-electron chi connectivity index (χ4n) is 4.48. The second-order valence-electron chi connectivity index (χ2n) is 7.49. The number of fused-ring (bicyclic) bond motifs is 2. The number of benzene rings is 1. The Bertz CT molecular complexity index is 1050. The predicted molar refractivity (Wildman–Crippen MR) is 98.4 cm³/mol. The number of hydrogen-bond donors (Lipinski definition) is 4. The zero-order chi connectivity index (χ0) is 19.5. The van der Waals surface area contributed by atoms with Crippen molar-refractivity contribution in [3.05, 3.63) is 48.5 Å². The van der Waals surface area contributed by atoms with Crippen LogP contribution in [0.15, 0.2) is 43.0 Å². The number of aromatic nitrogens is 4. The van der Waals surface area contributed by atoms with Crippen LogP contribution in [0.4, 0.5) is 5.82 Å². The molecule has 2 heterocycles. The third-order valence-electron chi connectivity index (χ3n) is 6.10. The maximum absolute atomic E-state index is 12.4. The Morgan fingerprint density at radius 1 is 1.21 bits per heavy atom. The predicted octanol–water partition coefficient (Wildman–Crippen LogP) is 0.354. The Balaban J connectivity index is 1.49. The minimum atomic E-state index is -1.03. The number of imidazole rings is 1. The minimum absolute atomic E-state index is 0.0581. The van der Waals surface area contributed by atoms with E-state index in [9.17, 15) is 20.1 Å². The molecule has 5 atom stereocenters. The molecule has 2 aliphatic rings. The average Bonchev–Trinajstić information content (AvgIpc) is 3.23. The van der Waals surface area contributed by atoms with Crippen LogP contribution in [-0.2, 0) is 0 Å². The molecular weight excluding hydrogens is 362 g/mol. The normalized spacial score (nSPS) is 31.0. The molecule has 0 saturated heterocycles. The van der Waals surface area contributed by atoms with E-state index in [0.717, 1.165) is 0 Å². The van der Waals surface area contributed by atoms with Crippen LogP contribution in [0, 0.1) is 11.3 Å². The van der Waals surface area contributed by atoms with E-state index in [2.05, 4.69) is 20.3 Å². The van der Waals surface area contributed by atoms with Crippen molar-refractivity contribution in [1.29, 1.82) is 0 Å². The topological polar surface area (TPSA) is 133 Å². The lowest BCUT2D eigenvalue weighted by molar-refractivity contribution is -0.0300. The fraction of sp³-hybridized carbons (Fsp3) is 0.368. The SMILES string of the molecule is O=C(Nc1ncnc2c1ncn2[C@H]1[C@H](O)[C@H](O)[C@@]2(CO)C[C@H]12)c1ccccc1. The molecule has 0 spiro atoms. The van der Waals surface area contributed by atoms with E-state index in [1.165, 1.54) is 12.7 Å². The Labute approximate surface area is 159 Å². The van der Waals surface area contributed by atoms with Gasteiger partial charge in [0.05, 0.1) is 25.1 Å². The molecule has 9 heteroatoms. The number of amides is 1. The Kier molecular flexibility index (Phi) is 3.73. The van der Waals surface area contributed by atoms with Crippen molar-refractivity contribution in [2.24, 2.45) is 11.3 Å². The number of carbonyl (C=O) groups excluding carboxylic acids is 1. The van der Waals surface area contributed by atoms with E-state index in [-0.39, 0.29) is 24.2 Å². The van der Waals surface area contributed by atoms with Crippen LogP contribution in [0.3, 0.4) is 0 Å². The van der Waals surface area contributed by atoms with Crippen LogP contribution in [0.25, 0.3) is 11.2 Å². The van der Waals surface area contributed by atoms with Crippen molar-refractivity contribution in [2.45, 2.75) is 24.7 Å². The number of anilines is 1. The van der Waals surface area contributed by atoms with Crippen LogP contribution in [0.2, 0.25) is 0 Å². The molecule has 9 nitrogen and oxygen atoms in total. The summed E-state index contributed by atoms with van der Waals surface area (Å²) < 4.78 is 1.71. The van der Waals surface area contributed by atoms with Crippen molar-refractivity contribution < 1.29 is 20.1 Å². The van der Waals surface area contributed by atoms with Crippen molar-refractivity contribution in [3.63, 3.8) is 0 Å². The Morgan fingerprint density at radius 3 is 2.71 bits per heavy atom. The van der Waals surface area contributed by atoms with Gasteiger partial charge < -0.3 is 25.2 Å². The molecule has 0 bridgehead atoms. The van der Waals surface area contributed by atoms with Crippen LogP contribution in [0.1, 0.15) is 22.8 Å². The van der Waals surface area contributed by atoms with Crippen LogP contribution >= 0.6 is 0 Å². The summed E-state index contributed by atoms with van der Waals surface area (Å²) in [5.41, 5.74) is 0.692. The number of carbonyl (C=O) groups is 1. The summed E-state index contributed by atoms with van der Waals surface area (Å²) >= 11 is 0. The third-order valence-corrected chi connectivity index (χ3v) is 6.10. The van der Waals surface area contributed by atoms with Gasteiger partial charge in [0.25, 0.3) is 5.91 Å². The van der Waals surface area contributed by atoms with Gasteiger partial charge in [0, 0.05) is 11.0 Å². The summed E-state index contributed by atoms with van der Waals surface area (Å²) in [7, 11) is 0. The maximum atomic E-state index is 12.4. The second-order valence-corrected chi connectivity index (χ2v) is 7.49. The molecule has 144 valence electrons. The lowest BCUT2D eigenvalue weighted by atomic mass is 10.0. The number of rotatable bonds is 4. The number of aliphatic hydroxyl groups excluding tert-OH is 3. The molecule has 0 unspecified atom stereocenters. The van der Waals surface area contributed by atoms with Gasteiger partial charge in [0.15, 0.2) is 17.0 Å². The van der Waals surface area contributed by atoms with Crippen molar-refractivity contribution in [1.82, 2.24) is 19.5 Å². The molecule has 0 radical (unpaired) electrons. The minimum Gasteiger partial charge on any atom is -0.396 e. The summed E-state index contributed by atoms with van der Waals surface area (Å²) in [6, 6.07) is 8.32. The summed E-state index contributed by atoms with van der Waals surface area (Å²) in [5, 5.41) is 33.3. The molecule has 4 N–H and O–H groups in total. The van der Waals surface area contributed by atoms with E-state index >= 15 is 0 Å². The highest BCUT2D eigenvalue weighted by molar-refractivity contribution is 6.06. The highest BCUT2D eigenvalue weighted by Gasteiger charge is 2.71. The van der Waals surface area contributed by atoms with Gasteiger partial charge in [0.1, 0.15) is 12.4 Å². The number of aliphatic hydroxyl groups is 3. The van der Waals surface area contributed by atoms with Crippen molar-refractivity contribution >= 4 is 22.9 Å². The number of nitrogens with one attached hydrogen (secondary N) is 1. The quantitative estimate of drug-likeness (QED) is 0.512. The third kappa shape index (κ3) is 2.30. The van der Waals surface area contributed by atoms with Gasteiger partial charge in [-0.2, -0.15) is 0 Å². The standard InChI is InChI=1S/C19H19N5O4/c25-7-19-6-11(19)13(14(26)15(19)27)24-9-22-12-16(20-8-21-17(12)24)23-18(28)10-4-2-1-3-5-10/h1-5,8-9,11,13-15,25-27H,6-7H2,(H,20,21,23,28)/t11-,13-,14+,15+,19-/m1/s1. The Morgan fingerprint density at radius 2 is 2.00 bits per heavy atom. The zero-order valence-electron chi connectivity index (χ0n) is 14.8. The first-order valence-corrected chi connectivity index (χ1v) is 9.08. The first kappa shape index (κ1) is 17.2. The van der Waals surface area contributed by atoms with Crippen LogP contribution in [0.5, 0.6) is 0 Å². The highest BCUT2D eigenvalue weighted by atomic mass is 16.3. The summed E-state index contributed by atoms with van der Waals surface area (Å²) in [5.74, 6) is -0.0972. The summed E-state index contributed by atoms with van der Waals surface area (Å²) in [6.07, 6.45) is 1.47.